The average Bonchev–Trinajstić information content (AvgIpc) is 2.79. The maximum atomic E-state index is 11.2. The summed E-state index contributed by atoms with van der Waals surface area (Å²) in [5, 5.41) is 1.85. The fourth-order valence-corrected chi connectivity index (χ4v) is 2.44. The molecule has 0 radical (unpaired) electrons. The Morgan fingerprint density at radius 2 is 2.00 bits per heavy atom. The van der Waals surface area contributed by atoms with Crippen LogP contribution in [0.3, 0.4) is 0 Å². The van der Waals surface area contributed by atoms with Crippen molar-refractivity contribution in [2.45, 2.75) is 13.0 Å². The van der Waals surface area contributed by atoms with Crippen LogP contribution in [0, 0.1) is 0 Å². The Labute approximate surface area is 104 Å². The zero-order chi connectivity index (χ0) is 12.3. The molecule has 17 heavy (non-hydrogen) atoms. The Morgan fingerprint density at radius 1 is 1.29 bits per heavy atom. The van der Waals surface area contributed by atoms with E-state index in [1.54, 1.807) is 0 Å². The topological polar surface area (TPSA) is 52.3 Å². The zero-order valence-electron chi connectivity index (χ0n) is 9.42. The lowest BCUT2D eigenvalue weighted by molar-refractivity contribution is 0.1000. The third-order valence-corrected chi connectivity index (χ3v) is 3.36. The fraction of sp³-hybridized carbons (Fsp3) is 0.154. The monoisotopic (exact) mass is 247 g/mol. The Morgan fingerprint density at radius 3 is 2.65 bits per heavy atom. The van der Waals surface area contributed by atoms with Crippen molar-refractivity contribution >= 4 is 17.2 Å². The van der Waals surface area contributed by atoms with Gasteiger partial charge < -0.3 is 10.5 Å². The van der Waals surface area contributed by atoms with Crippen LogP contribution >= 0.6 is 11.3 Å². The van der Waals surface area contributed by atoms with Crippen LogP contribution in [0.5, 0.6) is 5.75 Å². The molecule has 2 aromatic rings. The molecule has 0 saturated carbocycles. The minimum atomic E-state index is -0.404. The molecular formula is C13H13NO2S. The quantitative estimate of drug-likeness (QED) is 0.903. The number of amides is 1. The van der Waals surface area contributed by atoms with E-state index in [1.165, 1.54) is 11.3 Å². The van der Waals surface area contributed by atoms with E-state index in [2.05, 4.69) is 0 Å². The molecular weight excluding hydrogens is 234 g/mol. The number of benzene rings is 1. The van der Waals surface area contributed by atoms with Gasteiger partial charge in [-0.3, -0.25) is 4.79 Å². The molecule has 1 aromatic heterocycles. The third-order valence-electron chi connectivity index (χ3n) is 2.41. The van der Waals surface area contributed by atoms with Crippen molar-refractivity contribution < 1.29 is 9.53 Å². The first-order valence-electron chi connectivity index (χ1n) is 5.27. The highest BCUT2D eigenvalue weighted by Crippen LogP contribution is 2.27. The highest BCUT2D eigenvalue weighted by Gasteiger charge is 2.16. The predicted octanol–water partition coefficient (Wildman–Crippen LogP) is 2.99. The molecule has 1 amide bonds. The molecule has 0 fully saturated rings. The molecule has 0 bridgehead atoms. The Hall–Kier alpha value is -1.81. The van der Waals surface area contributed by atoms with E-state index in [-0.39, 0.29) is 6.10 Å². The Kier molecular flexibility index (Phi) is 3.44. The van der Waals surface area contributed by atoms with Crippen molar-refractivity contribution in [3.8, 4) is 5.75 Å². The average molecular weight is 247 g/mol. The van der Waals surface area contributed by atoms with Crippen LogP contribution in [0.15, 0.2) is 41.8 Å². The van der Waals surface area contributed by atoms with E-state index in [9.17, 15) is 4.79 Å². The lowest BCUT2D eigenvalue weighted by Crippen LogP contribution is -2.14. The molecule has 3 nitrogen and oxygen atoms in total. The van der Waals surface area contributed by atoms with Crippen molar-refractivity contribution in [3.05, 3.63) is 52.2 Å². The summed E-state index contributed by atoms with van der Waals surface area (Å²) in [6, 6.07) is 11.4. The number of thiophene rings is 1. The van der Waals surface area contributed by atoms with Gasteiger partial charge >= 0.3 is 0 Å². The van der Waals surface area contributed by atoms with E-state index in [1.807, 2.05) is 48.7 Å². The van der Waals surface area contributed by atoms with Gasteiger partial charge in [0.05, 0.1) is 4.88 Å². The lowest BCUT2D eigenvalue weighted by Gasteiger charge is -2.14. The van der Waals surface area contributed by atoms with Crippen molar-refractivity contribution in [3.63, 3.8) is 0 Å². The van der Waals surface area contributed by atoms with Crippen LogP contribution in [0.1, 0.15) is 28.3 Å². The molecule has 1 atom stereocenters. The van der Waals surface area contributed by atoms with Crippen molar-refractivity contribution in [1.29, 1.82) is 0 Å². The molecule has 2 rings (SSSR count). The Balaban J connectivity index is 2.17. The predicted molar refractivity (Wildman–Crippen MR) is 68.3 cm³/mol. The summed E-state index contributed by atoms with van der Waals surface area (Å²) in [6.45, 7) is 1.90. The van der Waals surface area contributed by atoms with Gasteiger partial charge in [0.15, 0.2) is 0 Å². The van der Waals surface area contributed by atoms with Crippen molar-refractivity contribution in [1.82, 2.24) is 0 Å². The molecule has 88 valence electrons. The van der Waals surface area contributed by atoms with Crippen LogP contribution in [0.2, 0.25) is 0 Å². The summed E-state index contributed by atoms with van der Waals surface area (Å²) < 4.78 is 5.75. The molecule has 4 heteroatoms. The number of nitrogens with two attached hydrogens (primary N) is 1. The van der Waals surface area contributed by atoms with Gasteiger partial charge in [-0.1, -0.05) is 18.2 Å². The number of carbonyl (C=O) groups excluding carboxylic acids is 1. The van der Waals surface area contributed by atoms with Gasteiger partial charge in [-0.2, -0.15) is 0 Å². The number of carbonyl (C=O) groups is 1. The van der Waals surface area contributed by atoms with Crippen LogP contribution in [0.4, 0.5) is 0 Å². The highest BCUT2D eigenvalue weighted by molar-refractivity contribution is 7.12. The molecule has 0 saturated heterocycles. The SMILES string of the molecule is CC(Oc1ccccc1)c1ccsc1C(N)=O. The largest absolute Gasteiger partial charge is 0.486 e. The lowest BCUT2D eigenvalue weighted by atomic mass is 10.1. The molecule has 0 aliphatic heterocycles. The molecule has 1 aromatic carbocycles. The summed E-state index contributed by atoms with van der Waals surface area (Å²) in [7, 11) is 0. The van der Waals surface area contributed by atoms with E-state index < -0.39 is 5.91 Å². The van der Waals surface area contributed by atoms with Crippen LogP contribution in [-0.2, 0) is 0 Å². The van der Waals surface area contributed by atoms with Gasteiger partial charge in [0.25, 0.3) is 5.91 Å². The first-order valence-corrected chi connectivity index (χ1v) is 6.15. The highest BCUT2D eigenvalue weighted by atomic mass is 32.1. The van der Waals surface area contributed by atoms with E-state index >= 15 is 0 Å². The molecule has 2 N–H and O–H groups in total. The van der Waals surface area contributed by atoms with E-state index in [0.29, 0.717) is 4.88 Å². The number of para-hydroxylation sites is 1. The van der Waals surface area contributed by atoms with Crippen LogP contribution in [0.25, 0.3) is 0 Å². The summed E-state index contributed by atoms with van der Waals surface area (Å²) >= 11 is 1.34. The molecule has 0 aliphatic rings. The normalized spacial score (nSPS) is 12.1. The second-order valence-electron chi connectivity index (χ2n) is 3.64. The minimum absolute atomic E-state index is 0.189. The molecule has 1 heterocycles. The number of ether oxygens (including phenoxy) is 1. The van der Waals surface area contributed by atoms with Gasteiger partial charge in [-0.05, 0) is 30.5 Å². The Bertz CT molecular complexity index is 507. The van der Waals surface area contributed by atoms with Crippen molar-refractivity contribution in [2.24, 2.45) is 5.73 Å². The van der Waals surface area contributed by atoms with Crippen LogP contribution < -0.4 is 10.5 Å². The first-order chi connectivity index (χ1) is 8.18. The number of rotatable bonds is 4. The summed E-state index contributed by atoms with van der Waals surface area (Å²) in [5.74, 6) is 0.375. The maximum absolute atomic E-state index is 11.2. The minimum Gasteiger partial charge on any atom is -0.486 e. The van der Waals surface area contributed by atoms with E-state index in [0.717, 1.165) is 11.3 Å². The number of hydrogen-bond donors (Lipinski definition) is 1. The summed E-state index contributed by atoms with van der Waals surface area (Å²) in [6.07, 6.45) is -0.189. The second kappa shape index (κ2) is 5.01. The second-order valence-corrected chi connectivity index (χ2v) is 4.56. The fourth-order valence-electron chi connectivity index (χ4n) is 1.61. The van der Waals surface area contributed by atoms with Gasteiger partial charge in [0, 0.05) is 5.56 Å². The third kappa shape index (κ3) is 2.65. The number of hydrogen-bond acceptors (Lipinski definition) is 3. The molecule has 1 unspecified atom stereocenters. The standard InChI is InChI=1S/C13H13NO2S/c1-9(16-10-5-3-2-4-6-10)11-7-8-17-12(11)13(14)15/h2-9H,1H3,(H2,14,15). The van der Waals surface area contributed by atoms with Crippen LogP contribution in [-0.4, -0.2) is 5.91 Å². The summed E-state index contributed by atoms with van der Waals surface area (Å²) in [5.41, 5.74) is 6.15. The van der Waals surface area contributed by atoms with E-state index in [4.69, 9.17) is 10.5 Å². The molecule has 0 spiro atoms. The smallest absolute Gasteiger partial charge is 0.259 e. The zero-order valence-corrected chi connectivity index (χ0v) is 10.2. The maximum Gasteiger partial charge on any atom is 0.259 e. The molecule has 0 aliphatic carbocycles. The van der Waals surface area contributed by atoms with Gasteiger partial charge in [-0.25, -0.2) is 0 Å². The van der Waals surface area contributed by atoms with Gasteiger partial charge in [-0.15, -0.1) is 11.3 Å². The summed E-state index contributed by atoms with van der Waals surface area (Å²) in [4.78, 5) is 11.8. The van der Waals surface area contributed by atoms with Gasteiger partial charge in [0.1, 0.15) is 11.9 Å². The first kappa shape index (κ1) is 11.7. The van der Waals surface area contributed by atoms with Gasteiger partial charge in [0.2, 0.25) is 0 Å². The van der Waals surface area contributed by atoms with Crippen molar-refractivity contribution in [2.75, 3.05) is 0 Å². The number of primary amides is 1.